The van der Waals surface area contributed by atoms with Gasteiger partial charge in [-0.25, -0.2) is 0 Å². The Kier molecular flexibility index (Phi) is 3.30. The largest absolute Gasteiger partial charge is 0.471 e. The number of fused-ring (bicyclic) bond motifs is 1. The Morgan fingerprint density at radius 3 is 2.44 bits per heavy atom. The van der Waals surface area contributed by atoms with Crippen molar-refractivity contribution >= 4 is 5.91 Å². The van der Waals surface area contributed by atoms with Crippen molar-refractivity contribution in [3.05, 3.63) is 35.4 Å². The van der Waals surface area contributed by atoms with Crippen LogP contribution >= 0.6 is 0 Å². The Morgan fingerprint density at radius 2 is 1.83 bits per heavy atom. The van der Waals surface area contributed by atoms with Crippen LogP contribution in [0.4, 0.5) is 13.2 Å². The first kappa shape index (κ1) is 12.9. The lowest BCUT2D eigenvalue weighted by atomic mass is 9.86. The lowest BCUT2D eigenvalue weighted by Gasteiger charge is -2.29. The quantitative estimate of drug-likeness (QED) is 0.812. The summed E-state index contributed by atoms with van der Waals surface area (Å²) in [7, 11) is 0. The van der Waals surface area contributed by atoms with Crippen LogP contribution in [0.3, 0.4) is 0 Å². The summed E-state index contributed by atoms with van der Waals surface area (Å²) in [6, 6.07) is 5.96. The number of halogens is 3. The van der Waals surface area contributed by atoms with Gasteiger partial charge < -0.3 is 10.4 Å². The van der Waals surface area contributed by atoms with Crippen molar-refractivity contribution < 1.29 is 23.1 Å². The smallest absolute Gasteiger partial charge is 0.388 e. The van der Waals surface area contributed by atoms with Gasteiger partial charge in [-0.2, -0.15) is 13.2 Å². The molecule has 0 heterocycles. The molecule has 1 aliphatic rings. The van der Waals surface area contributed by atoms with Gasteiger partial charge in [0.25, 0.3) is 0 Å². The molecule has 0 fully saturated rings. The van der Waals surface area contributed by atoms with Crippen LogP contribution in [0.15, 0.2) is 24.3 Å². The number of amides is 1. The zero-order chi connectivity index (χ0) is 13.3. The minimum absolute atomic E-state index is 0.292. The van der Waals surface area contributed by atoms with E-state index in [2.05, 4.69) is 0 Å². The summed E-state index contributed by atoms with van der Waals surface area (Å²) < 4.78 is 36.6. The normalized spacial score (nSPS) is 23.3. The van der Waals surface area contributed by atoms with Gasteiger partial charge in [-0.05, 0) is 24.0 Å². The first-order valence-electron chi connectivity index (χ1n) is 5.54. The molecule has 0 radical (unpaired) electrons. The maximum absolute atomic E-state index is 12.2. The third kappa shape index (κ3) is 2.48. The van der Waals surface area contributed by atoms with E-state index in [4.69, 9.17) is 0 Å². The molecule has 2 N–H and O–H groups in total. The first-order chi connectivity index (χ1) is 8.39. The van der Waals surface area contributed by atoms with Crippen LogP contribution in [-0.4, -0.2) is 17.2 Å². The van der Waals surface area contributed by atoms with Gasteiger partial charge in [-0.3, -0.25) is 4.79 Å². The van der Waals surface area contributed by atoms with E-state index in [0.29, 0.717) is 24.0 Å². The van der Waals surface area contributed by atoms with E-state index in [-0.39, 0.29) is 0 Å². The zero-order valence-corrected chi connectivity index (χ0v) is 9.37. The number of carbonyl (C=O) groups excluding carboxylic acids is 1. The van der Waals surface area contributed by atoms with Gasteiger partial charge in [-0.1, -0.05) is 24.3 Å². The van der Waals surface area contributed by atoms with Crippen molar-refractivity contribution in [1.29, 1.82) is 0 Å². The average molecular weight is 259 g/mol. The summed E-state index contributed by atoms with van der Waals surface area (Å²) in [6.07, 6.45) is -4.94. The number of aliphatic hydroxyl groups excluding tert-OH is 1. The topological polar surface area (TPSA) is 49.3 Å². The summed E-state index contributed by atoms with van der Waals surface area (Å²) in [6.45, 7) is 0. The standard InChI is InChI=1S/C12H12F3NO2/c13-12(14,15)11(18)16-9-5-6-10(17)8-4-2-1-3-7(8)9/h1-4,9-10,17H,5-6H2,(H,16,18)/t9-,10?/m0/s1. The van der Waals surface area contributed by atoms with Gasteiger partial charge in [-0.15, -0.1) is 0 Å². The van der Waals surface area contributed by atoms with Crippen LogP contribution in [0.1, 0.15) is 36.1 Å². The lowest BCUT2D eigenvalue weighted by Crippen LogP contribution is -2.40. The molecular weight excluding hydrogens is 247 g/mol. The summed E-state index contributed by atoms with van der Waals surface area (Å²) in [4.78, 5) is 10.9. The minimum Gasteiger partial charge on any atom is -0.388 e. The van der Waals surface area contributed by atoms with Crippen LogP contribution in [0.5, 0.6) is 0 Å². The molecule has 1 amide bonds. The van der Waals surface area contributed by atoms with Crippen molar-refractivity contribution in [1.82, 2.24) is 5.32 Å². The number of nitrogens with one attached hydrogen (secondary N) is 1. The number of alkyl halides is 3. The fraction of sp³-hybridized carbons (Fsp3) is 0.417. The van der Waals surface area contributed by atoms with Gasteiger partial charge in [0.05, 0.1) is 12.1 Å². The monoisotopic (exact) mass is 259 g/mol. The molecule has 1 aliphatic carbocycles. The van der Waals surface area contributed by atoms with Crippen molar-refractivity contribution in [3.63, 3.8) is 0 Å². The Bertz CT molecular complexity index is 459. The van der Waals surface area contributed by atoms with Crippen LogP contribution in [0.2, 0.25) is 0 Å². The molecule has 1 unspecified atom stereocenters. The highest BCUT2D eigenvalue weighted by Gasteiger charge is 2.40. The number of benzene rings is 1. The molecule has 6 heteroatoms. The summed E-state index contributed by atoms with van der Waals surface area (Å²) in [5.41, 5.74) is 1.13. The molecule has 1 aromatic rings. The van der Waals surface area contributed by atoms with Crippen molar-refractivity contribution in [2.45, 2.75) is 31.2 Å². The van der Waals surface area contributed by atoms with E-state index in [0.717, 1.165) is 0 Å². The first-order valence-corrected chi connectivity index (χ1v) is 5.54. The summed E-state index contributed by atoms with van der Waals surface area (Å²) in [5.74, 6) is -1.95. The molecule has 0 saturated carbocycles. The molecule has 2 atom stereocenters. The minimum atomic E-state index is -4.88. The third-order valence-corrected chi connectivity index (χ3v) is 3.02. The number of rotatable bonds is 1. The fourth-order valence-corrected chi connectivity index (χ4v) is 2.16. The number of hydrogen-bond donors (Lipinski definition) is 2. The number of aliphatic hydroxyl groups is 1. The van der Waals surface area contributed by atoms with Crippen LogP contribution in [0.25, 0.3) is 0 Å². The second-order valence-electron chi connectivity index (χ2n) is 4.25. The zero-order valence-electron chi connectivity index (χ0n) is 9.37. The average Bonchev–Trinajstić information content (AvgIpc) is 2.32. The Morgan fingerprint density at radius 1 is 1.22 bits per heavy atom. The molecule has 1 aromatic carbocycles. The number of carbonyl (C=O) groups is 1. The Balaban J connectivity index is 2.22. The Hall–Kier alpha value is -1.56. The fourth-order valence-electron chi connectivity index (χ4n) is 2.16. The molecule has 0 aliphatic heterocycles. The molecule has 98 valence electrons. The molecule has 0 aromatic heterocycles. The molecule has 18 heavy (non-hydrogen) atoms. The summed E-state index contributed by atoms with van der Waals surface area (Å²) in [5, 5.41) is 11.7. The molecule has 0 spiro atoms. The van der Waals surface area contributed by atoms with Crippen molar-refractivity contribution in [2.75, 3.05) is 0 Å². The predicted octanol–water partition coefficient (Wildman–Crippen LogP) is 2.23. The van der Waals surface area contributed by atoms with Gasteiger partial charge in [0.1, 0.15) is 0 Å². The number of hydrogen-bond acceptors (Lipinski definition) is 2. The van der Waals surface area contributed by atoms with Gasteiger partial charge in [0.2, 0.25) is 0 Å². The highest BCUT2D eigenvalue weighted by Crippen LogP contribution is 2.36. The second-order valence-corrected chi connectivity index (χ2v) is 4.25. The molecule has 3 nitrogen and oxygen atoms in total. The van der Waals surface area contributed by atoms with Crippen LogP contribution < -0.4 is 5.32 Å². The highest BCUT2D eigenvalue weighted by molar-refractivity contribution is 5.82. The van der Waals surface area contributed by atoms with E-state index in [1.807, 2.05) is 5.32 Å². The van der Waals surface area contributed by atoms with E-state index in [1.54, 1.807) is 24.3 Å². The van der Waals surface area contributed by atoms with Gasteiger partial charge >= 0.3 is 12.1 Å². The summed E-state index contributed by atoms with van der Waals surface area (Å²) >= 11 is 0. The van der Waals surface area contributed by atoms with Crippen LogP contribution in [-0.2, 0) is 4.79 Å². The second kappa shape index (κ2) is 4.61. The molecule has 2 rings (SSSR count). The lowest BCUT2D eigenvalue weighted by molar-refractivity contribution is -0.174. The van der Waals surface area contributed by atoms with E-state index in [9.17, 15) is 23.1 Å². The molecule has 0 bridgehead atoms. The predicted molar refractivity (Wildman–Crippen MR) is 57.6 cm³/mol. The van der Waals surface area contributed by atoms with Crippen molar-refractivity contribution in [3.8, 4) is 0 Å². The van der Waals surface area contributed by atoms with Gasteiger partial charge in [0, 0.05) is 0 Å². The molecule has 0 saturated heterocycles. The molecular formula is C12H12F3NO2. The highest BCUT2D eigenvalue weighted by atomic mass is 19.4. The maximum Gasteiger partial charge on any atom is 0.471 e. The maximum atomic E-state index is 12.2. The SMILES string of the molecule is O=C(N[C@H]1CCC(O)c2ccccc21)C(F)(F)F. The van der Waals surface area contributed by atoms with Gasteiger partial charge in [0.15, 0.2) is 0 Å². The van der Waals surface area contributed by atoms with E-state index < -0.39 is 24.2 Å². The Labute approximate surface area is 102 Å². The van der Waals surface area contributed by atoms with Crippen LogP contribution in [0, 0.1) is 0 Å². The van der Waals surface area contributed by atoms with Crippen molar-refractivity contribution in [2.24, 2.45) is 0 Å². The van der Waals surface area contributed by atoms with E-state index in [1.165, 1.54) is 0 Å². The van der Waals surface area contributed by atoms with E-state index >= 15 is 0 Å². The third-order valence-electron chi connectivity index (χ3n) is 3.02.